The van der Waals surface area contributed by atoms with Crippen molar-refractivity contribution >= 4 is 11.9 Å². The second kappa shape index (κ2) is 4.75. The molecule has 1 heteroatoms. The third-order valence-electron chi connectivity index (χ3n) is 2.35. The Morgan fingerprint density at radius 2 is 1.79 bits per heavy atom. The van der Waals surface area contributed by atoms with Crippen molar-refractivity contribution in [3.63, 3.8) is 0 Å². The van der Waals surface area contributed by atoms with E-state index in [1.54, 1.807) is 6.08 Å². The van der Waals surface area contributed by atoms with Gasteiger partial charge in [0.1, 0.15) is 6.29 Å². The molecule has 0 amide bonds. The van der Waals surface area contributed by atoms with Gasteiger partial charge in [0, 0.05) is 0 Å². The van der Waals surface area contributed by atoms with Gasteiger partial charge >= 0.3 is 0 Å². The molecule has 0 atom stereocenters. The fourth-order valence-electron chi connectivity index (χ4n) is 1.33. The SMILES string of the molecule is CC(=CC=O)c1ccc(C(C)C)cc1. The fraction of sp³-hybridized carbons (Fsp3) is 0.308. The van der Waals surface area contributed by atoms with Crippen LogP contribution in [0.5, 0.6) is 0 Å². The zero-order valence-corrected chi connectivity index (χ0v) is 8.95. The lowest BCUT2D eigenvalue weighted by Crippen LogP contribution is -1.87. The van der Waals surface area contributed by atoms with Gasteiger partial charge in [-0.3, -0.25) is 4.79 Å². The number of aldehydes is 1. The highest BCUT2D eigenvalue weighted by atomic mass is 16.1. The highest BCUT2D eigenvalue weighted by molar-refractivity contribution is 5.80. The van der Waals surface area contributed by atoms with E-state index in [1.807, 2.05) is 6.92 Å². The lowest BCUT2D eigenvalue weighted by Gasteiger charge is -2.06. The molecular formula is C13H16O. The number of benzene rings is 1. The van der Waals surface area contributed by atoms with Crippen LogP contribution in [0.1, 0.15) is 37.8 Å². The maximum atomic E-state index is 10.3. The van der Waals surface area contributed by atoms with Crippen LogP contribution in [0.25, 0.3) is 5.57 Å². The average Bonchev–Trinajstić information content (AvgIpc) is 2.18. The van der Waals surface area contributed by atoms with Gasteiger partial charge < -0.3 is 0 Å². The summed E-state index contributed by atoms with van der Waals surface area (Å²) in [5.41, 5.74) is 3.45. The Morgan fingerprint density at radius 3 is 2.21 bits per heavy atom. The van der Waals surface area contributed by atoms with Gasteiger partial charge in [0.15, 0.2) is 0 Å². The molecule has 1 aromatic rings. The van der Waals surface area contributed by atoms with Gasteiger partial charge in [0.25, 0.3) is 0 Å². The van der Waals surface area contributed by atoms with E-state index in [-0.39, 0.29) is 0 Å². The Bertz CT molecular complexity index is 331. The van der Waals surface area contributed by atoms with E-state index in [9.17, 15) is 4.79 Å². The molecule has 0 radical (unpaired) electrons. The summed E-state index contributed by atoms with van der Waals surface area (Å²) < 4.78 is 0. The summed E-state index contributed by atoms with van der Waals surface area (Å²) in [6.07, 6.45) is 2.41. The number of carbonyl (C=O) groups excluding carboxylic acids is 1. The number of allylic oxidation sites excluding steroid dienone is 2. The third-order valence-corrected chi connectivity index (χ3v) is 2.35. The van der Waals surface area contributed by atoms with Crippen molar-refractivity contribution in [3.05, 3.63) is 41.5 Å². The second-order valence-corrected chi connectivity index (χ2v) is 3.76. The minimum Gasteiger partial charge on any atom is -0.299 e. The van der Waals surface area contributed by atoms with E-state index in [1.165, 1.54) is 5.56 Å². The van der Waals surface area contributed by atoms with Gasteiger partial charge in [0.2, 0.25) is 0 Å². The van der Waals surface area contributed by atoms with E-state index >= 15 is 0 Å². The van der Waals surface area contributed by atoms with Gasteiger partial charge in [-0.15, -0.1) is 0 Å². The van der Waals surface area contributed by atoms with Gasteiger partial charge in [0.05, 0.1) is 0 Å². The third kappa shape index (κ3) is 2.56. The Morgan fingerprint density at radius 1 is 1.21 bits per heavy atom. The molecule has 1 aromatic carbocycles. The van der Waals surface area contributed by atoms with Crippen LogP contribution in [0.15, 0.2) is 30.3 Å². The first kappa shape index (κ1) is 10.7. The summed E-state index contributed by atoms with van der Waals surface area (Å²) in [7, 11) is 0. The predicted molar refractivity (Wildman–Crippen MR) is 60.2 cm³/mol. The molecule has 1 rings (SSSR count). The van der Waals surface area contributed by atoms with Gasteiger partial charge in [-0.2, -0.15) is 0 Å². The lowest BCUT2D eigenvalue weighted by molar-refractivity contribution is -0.104. The van der Waals surface area contributed by atoms with E-state index in [4.69, 9.17) is 0 Å². The molecule has 0 heterocycles. The second-order valence-electron chi connectivity index (χ2n) is 3.76. The molecule has 0 aliphatic carbocycles. The van der Waals surface area contributed by atoms with Crippen LogP contribution >= 0.6 is 0 Å². The van der Waals surface area contributed by atoms with Gasteiger partial charge in [-0.25, -0.2) is 0 Å². The monoisotopic (exact) mass is 188 g/mol. The van der Waals surface area contributed by atoms with Crippen molar-refractivity contribution in [2.75, 3.05) is 0 Å². The summed E-state index contributed by atoms with van der Waals surface area (Å²) in [5, 5.41) is 0. The molecule has 1 nitrogen and oxygen atoms in total. The molecule has 0 spiro atoms. The first-order valence-electron chi connectivity index (χ1n) is 4.87. The number of rotatable bonds is 3. The zero-order valence-electron chi connectivity index (χ0n) is 8.95. The molecule has 0 aliphatic rings. The van der Waals surface area contributed by atoms with Crippen molar-refractivity contribution in [3.8, 4) is 0 Å². The summed E-state index contributed by atoms with van der Waals surface area (Å²) in [6.45, 7) is 6.28. The Balaban J connectivity index is 2.93. The normalized spacial score (nSPS) is 11.9. The van der Waals surface area contributed by atoms with E-state index in [0.29, 0.717) is 5.92 Å². The molecule has 14 heavy (non-hydrogen) atoms. The van der Waals surface area contributed by atoms with Crippen LogP contribution in [0.4, 0.5) is 0 Å². The summed E-state index contributed by atoms with van der Waals surface area (Å²) in [5.74, 6) is 0.555. The van der Waals surface area contributed by atoms with E-state index < -0.39 is 0 Å². The molecule has 0 unspecified atom stereocenters. The lowest BCUT2D eigenvalue weighted by atomic mass is 9.99. The molecule has 0 aliphatic heterocycles. The Kier molecular flexibility index (Phi) is 3.63. The fourth-order valence-corrected chi connectivity index (χ4v) is 1.33. The smallest absolute Gasteiger partial charge is 0.143 e. The maximum Gasteiger partial charge on any atom is 0.143 e. The molecule has 0 bridgehead atoms. The van der Waals surface area contributed by atoms with Crippen molar-refractivity contribution in [2.45, 2.75) is 26.7 Å². The quantitative estimate of drug-likeness (QED) is 0.524. The zero-order chi connectivity index (χ0) is 10.6. The first-order valence-corrected chi connectivity index (χ1v) is 4.87. The molecule has 0 N–H and O–H groups in total. The summed E-state index contributed by atoms with van der Waals surface area (Å²) in [6, 6.07) is 8.35. The van der Waals surface area contributed by atoms with Gasteiger partial charge in [-0.1, -0.05) is 38.1 Å². The Labute approximate surface area is 85.5 Å². The number of hydrogen-bond acceptors (Lipinski definition) is 1. The van der Waals surface area contributed by atoms with Crippen molar-refractivity contribution in [1.82, 2.24) is 0 Å². The summed E-state index contributed by atoms with van der Waals surface area (Å²) >= 11 is 0. The predicted octanol–water partition coefficient (Wildman–Crippen LogP) is 3.41. The largest absolute Gasteiger partial charge is 0.299 e. The minimum atomic E-state index is 0.555. The molecule has 0 saturated heterocycles. The number of carbonyl (C=O) groups is 1. The molecule has 0 saturated carbocycles. The molecule has 74 valence electrons. The average molecular weight is 188 g/mol. The summed E-state index contributed by atoms with van der Waals surface area (Å²) in [4.78, 5) is 10.3. The standard InChI is InChI=1S/C13H16O/c1-10(2)12-4-6-13(7-5-12)11(3)8-9-14/h4-10H,1-3H3. The van der Waals surface area contributed by atoms with E-state index in [2.05, 4.69) is 38.1 Å². The topological polar surface area (TPSA) is 17.1 Å². The van der Waals surface area contributed by atoms with E-state index in [0.717, 1.165) is 17.4 Å². The molecule has 0 aromatic heterocycles. The van der Waals surface area contributed by atoms with Crippen molar-refractivity contribution in [2.24, 2.45) is 0 Å². The van der Waals surface area contributed by atoms with Gasteiger partial charge in [-0.05, 0) is 35.6 Å². The molecule has 0 fully saturated rings. The van der Waals surface area contributed by atoms with Crippen LogP contribution < -0.4 is 0 Å². The van der Waals surface area contributed by atoms with Crippen molar-refractivity contribution in [1.29, 1.82) is 0 Å². The van der Waals surface area contributed by atoms with Crippen LogP contribution in [0.3, 0.4) is 0 Å². The van der Waals surface area contributed by atoms with Crippen molar-refractivity contribution < 1.29 is 4.79 Å². The first-order chi connectivity index (χ1) is 6.65. The van der Waals surface area contributed by atoms with Crippen LogP contribution in [0, 0.1) is 0 Å². The molecular weight excluding hydrogens is 172 g/mol. The Hall–Kier alpha value is -1.37. The maximum absolute atomic E-state index is 10.3. The number of hydrogen-bond donors (Lipinski definition) is 0. The van der Waals surface area contributed by atoms with Crippen LogP contribution in [0.2, 0.25) is 0 Å². The van der Waals surface area contributed by atoms with Crippen LogP contribution in [-0.2, 0) is 4.79 Å². The highest BCUT2D eigenvalue weighted by Gasteiger charge is 1.99. The van der Waals surface area contributed by atoms with Crippen LogP contribution in [-0.4, -0.2) is 6.29 Å². The minimum absolute atomic E-state index is 0.555. The highest BCUT2D eigenvalue weighted by Crippen LogP contribution is 2.18.